The fourth-order valence-electron chi connectivity index (χ4n) is 1.35. The number of hydrogen-bond acceptors (Lipinski definition) is 5. The molecular formula is C8H10N4O3. The van der Waals surface area contributed by atoms with Crippen molar-refractivity contribution in [2.75, 3.05) is 11.9 Å². The van der Waals surface area contributed by atoms with E-state index in [1.807, 2.05) is 0 Å². The Kier molecular flexibility index (Phi) is 2.36. The summed E-state index contributed by atoms with van der Waals surface area (Å²) in [6, 6.07) is 0.0665. The molecule has 80 valence electrons. The van der Waals surface area contributed by atoms with Gasteiger partial charge in [-0.15, -0.1) is 5.10 Å². The van der Waals surface area contributed by atoms with Crippen molar-refractivity contribution in [2.24, 2.45) is 5.92 Å². The molecule has 2 heterocycles. The highest BCUT2D eigenvalue weighted by Gasteiger charge is 2.28. The Morgan fingerprint density at radius 1 is 1.60 bits per heavy atom. The Morgan fingerprint density at radius 2 is 2.40 bits per heavy atom. The quantitative estimate of drug-likeness (QED) is 0.682. The average molecular weight is 210 g/mol. The second-order valence-corrected chi connectivity index (χ2v) is 3.32. The van der Waals surface area contributed by atoms with Crippen molar-refractivity contribution >= 4 is 17.8 Å². The number of nitrogens with one attached hydrogen (secondary N) is 2. The molecule has 2 N–H and O–H groups in total. The zero-order valence-electron chi connectivity index (χ0n) is 8.11. The highest BCUT2D eigenvalue weighted by molar-refractivity contribution is 5.95. The van der Waals surface area contributed by atoms with Crippen molar-refractivity contribution in [1.82, 2.24) is 15.5 Å². The zero-order valence-corrected chi connectivity index (χ0v) is 8.11. The van der Waals surface area contributed by atoms with Gasteiger partial charge < -0.3 is 9.73 Å². The van der Waals surface area contributed by atoms with Crippen LogP contribution < -0.4 is 10.6 Å². The van der Waals surface area contributed by atoms with Crippen LogP contribution in [0.1, 0.15) is 12.3 Å². The fraction of sp³-hybridized carbons (Fsp3) is 0.500. The molecule has 7 nitrogen and oxygen atoms in total. The van der Waals surface area contributed by atoms with Crippen LogP contribution in [0.3, 0.4) is 0 Å². The number of amides is 2. The molecule has 2 amide bonds. The Morgan fingerprint density at radius 3 is 2.93 bits per heavy atom. The van der Waals surface area contributed by atoms with E-state index in [1.165, 1.54) is 0 Å². The van der Waals surface area contributed by atoms with Crippen molar-refractivity contribution in [3.05, 3.63) is 5.89 Å². The highest BCUT2D eigenvalue weighted by Crippen LogP contribution is 2.12. The van der Waals surface area contributed by atoms with Gasteiger partial charge in [0, 0.05) is 19.9 Å². The van der Waals surface area contributed by atoms with Crippen LogP contribution in [0, 0.1) is 12.8 Å². The Labute approximate surface area is 85.2 Å². The molecule has 0 saturated carbocycles. The molecule has 0 aliphatic carbocycles. The summed E-state index contributed by atoms with van der Waals surface area (Å²) < 4.78 is 4.98. The molecule has 0 spiro atoms. The Hall–Kier alpha value is -1.92. The summed E-state index contributed by atoms with van der Waals surface area (Å²) in [6.07, 6.45) is 0.207. The molecule has 0 aromatic carbocycles. The van der Waals surface area contributed by atoms with Gasteiger partial charge in [0.25, 0.3) is 0 Å². The summed E-state index contributed by atoms with van der Waals surface area (Å²) in [5.74, 6) is -0.371. The lowest BCUT2D eigenvalue weighted by atomic mass is 10.1. The summed E-state index contributed by atoms with van der Waals surface area (Å²) in [4.78, 5) is 22.4. The highest BCUT2D eigenvalue weighted by atomic mass is 16.4. The SMILES string of the molecule is Cc1nnc(NC(=O)C2CNC(=O)C2)o1. The van der Waals surface area contributed by atoms with Crippen LogP contribution >= 0.6 is 0 Å². The third kappa shape index (κ3) is 2.12. The van der Waals surface area contributed by atoms with Crippen LogP contribution in [0.2, 0.25) is 0 Å². The first-order valence-electron chi connectivity index (χ1n) is 4.53. The second-order valence-electron chi connectivity index (χ2n) is 3.32. The molecule has 1 aliphatic rings. The summed E-state index contributed by atoms with van der Waals surface area (Å²) in [5, 5.41) is 12.2. The van der Waals surface area contributed by atoms with Crippen LogP contribution in [0.25, 0.3) is 0 Å². The lowest BCUT2D eigenvalue weighted by Gasteiger charge is -2.04. The molecule has 0 radical (unpaired) electrons. The van der Waals surface area contributed by atoms with Gasteiger partial charge in [0.05, 0.1) is 5.92 Å². The molecule has 15 heavy (non-hydrogen) atoms. The smallest absolute Gasteiger partial charge is 0.322 e. The molecular weight excluding hydrogens is 200 g/mol. The zero-order chi connectivity index (χ0) is 10.8. The third-order valence-corrected chi connectivity index (χ3v) is 2.10. The molecule has 1 aromatic heterocycles. The van der Waals surface area contributed by atoms with Crippen molar-refractivity contribution in [3.63, 3.8) is 0 Å². The molecule has 0 bridgehead atoms. The third-order valence-electron chi connectivity index (χ3n) is 2.10. The van der Waals surface area contributed by atoms with E-state index in [4.69, 9.17) is 4.42 Å². The number of carbonyl (C=O) groups excluding carboxylic acids is 2. The standard InChI is InChI=1S/C8H10N4O3/c1-4-11-12-8(15-4)10-7(14)5-2-6(13)9-3-5/h5H,2-3H2,1H3,(H,9,13)(H,10,12,14). The van der Waals surface area contributed by atoms with Gasteiger partial charge in [-0.3, -0.25) is 14.9 Å². The van der Waals surface area contributed by atoms with E-state index in [-0.39, 0.29) is 30.2 Å². The van der Waals surface area contributed by atoms with E-state index in [1.54, 1.807) is 6.92 Å². The normalized spacial score (nSPS) is 20.1. The van der Waals surface area contributed by atoms with E-state index in [0.29, 0.717) is 12.4 Å². The fourth-order valence-corrected chi connectivity index (χ4v) is 1.35. The van der Waals surface area contributed by atoms with Crippen molar-refractivity contribution in [3.8, 4) is 0 Å². The van der Waals surface area contributed by atoms with Crippen LogP contribution in [0.15, 0.2) is 4.42 Å². The predicted molar refractivity (Wildman–Crippen MR) is 48.8 cm³/mol. The predicted octanol–water partition coefficient (Wildman–Crippen LogP) is -0.547. The first-order valence-corrected chi connectivity index (χ1v) is 4.53. The lowest BCUT2D eigenvalue weighted by Crippen LogP contribution is -2.24. The molecule has 2 rings (SSSR count). The molecule has 1 aromatic rings. The van der Waals surface area contributed by atoms with Gasteiger partial charge in [-0.25, -0.2) is 0 Å². The van der Waals surface area contributed by atoms with Gasteiger partial charge >= 0.3 is 6.01 Å². The minimum Gasteiger partial charge on any atom is -0.408 e. The molecule has 1 aliphatic heterocycles. The maximum atomic E-state index is 11.5. The summed E-state index contributed by atoms with van der Waals surface area (Å²) >= 11 is 0. The number of anilines is 1. The van der Waals surface area contributed by atoms with Crippen LogP contribution in [0.5, 0.6) is 0 Å². The number of rotatable bonds is 2. The molecule has 1 unspecified atom stereocenters. The number of carbonyl (C=O) groups is 2. The maximum absolute atomic E-state index is 11.5. The summed E-state index contributed by atoms with van der Waals surface area (Å²) in [7, 11) is 0. The average Bonchev–Trinajstić information content (AvgIpc) is 2.75. The van der Waals surface area contributed by atoms with E-state index in [0.717, 1.165) is 0 Å². The minimum atomic E-state index is -0.357. The van der Waals surface area contributed by atoms with Crippen molar-refractivity contribution < 1.29 is 14.0 Å². The maximum Gasteiger partial charge on any atom is 0.322 e. The first kappa shape index (κ1) is 9.63. The van der Waals surface area contributed by atoms with Crippen LogP contribution in [-0.4, -0.2) is 28.6 Å². The van der Waals surface area contributed by atoms with Crippen LogP contribution in [-0.2, 0) is 9.59 Å². The number of hydrogen-bond donors (Lipinski definition) is 2. The minimum absolute atomic E-state index is 0.0665. The molecule has 1 atom stereocenters. The Bertz CT molecular complexity index is 400. The van der Waals surface area contributed by atoms with Crippen molar-refractivity contribution in [2.45, 2.75) is 13.3 Å². The van der Waals surface area contributed by atoms with Gasteiger partial charge in [0.15, 0.2) is 0 Å². The van der Waals surface area contributed by atoms with E-state index < -0.39 is 0 Å². The summed E-state index contributed by atoms with van der Waals surface area (Å²) in [5.41, 5.74) is 0. The van der Waals surface area contributed by atoms with Gasteiger partial charge in [0.2, 0.25) is 17.7 Å². The largest absolute Gasteiger partial charge is 0.408 e. The molecule has 7 heteroatoms. The number of aromatic nitrogens is 2. The van der Waals surface area contributed by atoms with Gasteiger partial charge in [-0.1, -0.05) is 5.10 Å². The van der Waals surface area contributed by atoms with Crippen LogP contribution in [0.4, 0.5) is 6.01 Å². The van der Waals surface area contributed by atoms with Crippen molar-refractivity contribution in [1.29, 1.82) is 0 Å². The van der Waals surface area contributed by atoms with Gasteiger partial charge in [-0.05, 0) is 0 Å². The van der Waals surface area contributed by atoms with E-state index in [2.05, 4.69) is 20.8 Å². The number of aryl methyl sites for hydroxylation is 1. The second kappa shape index (κ2) is 3.68. The van der Waals surface area contributed by atoms with Gasteiger partial charge in [-0.2, -0.15) is 0 Å². The molecule has 1 fully saturated rings. The van der Waals surface area contributed by atoms with E-state index in [9.17, 15) is 9.59 Å². The topological polar surface area (TPSA) is 97.1 Å². The van der Waals surface area contributed by atoms with E-state index >= 15 is 0 Å². The number of nitrogens with zero attached hydrogens (tertiary/aromatic N) is 2. The summed E-state index contributed by atoms with van der Waals surface area (Å²) in [6.45, 7) is 1.99. The first-order chi connectivity index (χ1) is 7.15. The lowest BCUT2D eigenvalue weighted by molar-refractivity contribution is -0.123. The monoisotopic (exact) mass is 210 g/mol. The Balaban J connectivity index is 1.95. The van der Waals surface area contributed by atoms with Gasteiger partial charge in [0.1, 0.15) is 0 Å². The molecule has 1 saturated heterocycles.